The number of aliphatic hydroxyl groups is 1. The third-order valence-electron chi connectivity index (χ3n) is 10.9. The van der Waals surface area contributed by atoms with Crippen molar-refractivity contribution in [3.8, 4) is 45.8 Å². The van der Waals surface area contributed by atoms with Gasteiger partial charge in [-0.15, -0.1) is 0 Å². The lowest BCUT2D eigenvalue weighted by Gasteiger charge is -2.18. The number of fused-ring (bicyclic) bond motifs is 1. The van der Waals surface area contributed by atoms with E-state index in [1.807, 2.05) is 41.3 Å². The van der Waals surface area contributed by atoms with Gasteiger partial charge in [-0.3, -0.25) is 19.8 Å². The second kappa shape index (κ2) is 15.8. The number of nitrogens with zero attached hydrogens (tertiary/aromatic N) is 6. The van der Waals surface area contributed by atoms with Crippen molar-refractivity contribution >= 4 is 50.2 Å². The monoisotopic (exact) mass is 830 g/mol. The van der Waals surface area contributed by atoms with E-state index in [9.17, 15) is 23.6 Å². The van der Waals surface area contributed by atoms with E-state index in [1.54, 1.807) is 30.0 Å². The number of nitriles is 1. The smallest absolute Gasteiger partial charge is 0.237 e. The van der Waals surface area contributed by atoms with E-state index in [2.05, 4.69) is 20.7 Å². The number of hydrogen-bond donors (Lipinski definition) is 3. The summed E-state index contributed by atoms with van der Waals surface area (Å²) in [6, 6.07) is 17.0. The molecule has 0 unspecified atom stereocenters. The molecule has 0 bridgehead atoms. The molecule has 2 atom stereocenters. The number of benzene rings is 2. The number of nitrogens with one attached hydrogen (secondary N) is 2. The van der Waals surface area contributed by atoms with Crippen molar-refractivity contribution in [1.82, 2.24) is 29.1 Å². The van der Waals surface area contributed by atoms with E-state index >= 15 is 0 Å². The molecule has 3 fully saturated rings. The highest BCUT2D eigenvalue weighted by Crippen LogP contribution is 2.43. The van der Waals surface area contributed by atoms with Crippen LogP contribution in [0.1, 0.15) is 36.8 Å². The number of carbonyl (C=O) groups excluding carboxylic acids is 1. The van der Waals surface area contributed by atoms with E-state index in [0.717, 1.165) is 18.5 Å². The fourth-order valence-corrected chi connectivity index (χ4v) is 9.59. The standard InChI is InChI=1S/C40H40Cl2N8O6S/c1-55-39-24(20-49-15-13-26(51)22-49)8-11-32(45-39)30-6-2-4-28(33(30)41)29-5-3-7-31(34(29)42)40-46-35-36(56-40)25(18-43)21-50(37(35)44)17-16-48-14-12-23(19-48)38(52)47-57(53,54)27-9-10-27/h2-8,11,21,23,26-27,44,51H,9-10,12-17,19-20,22H2,1H3,(H,47,52)/t23-,26-/m1/s1. The van der Waals surface area contributed by atoms with Gasteiger partial charge >= 0.3 is 0 Å². The summed E-state index contributed by atoms with van der Waals surface area (Å²) in [5, 5.41) is 29.3. The third-order valence-corrected chi connectivity index (χ3v) is 13.5. The summed E-state index contributed by atoms with van der Waals surface area (Å²) in [6.07, 6.45) is 3.65. The van der Waals surface area contributed by atoms with E-state index < -0.39 is 27.1 Å². The SMILES string of the molecule is COc1nc(-c2cccc(-c3cccc(-c4nc5c(=N)n(CCN6CC[C@@H](C(=O)NS(=O)(=O)C7CC7)C6)cc(C#N)c5o4)c3Cl)c2Cl)ccc1CN1CC[C@@H](O)C1. The van der Waals surface area contributed by atoms with Gasteiger partial charge in [0, 0.05) is 67.7 Å². The summed E-state index contributed by atoms with van der Waals surface area (Å²) in [6.45, 7) is 3.81. The third kappa shape index (κ3) is 7.90. The topological polar surface area (TPSA) is 191 Å². The molecule has 2 aliphatic heterocycles. The van der Waals surface area contributed by atoms with Crippen LogP contribution in [0.2, 0.25) is 10.0 Å². The summed E-state index contributed by atoms with van der Waals surface area (Å²) < 4.78 is 40.2. The van der Waals surface area contributed by atoms with Gasteiger partial charge in [0.1, 0.15) is 11.6 Å². The van der Waals surface area contributed by atoms with Gasteiger partial charge in [0.2, 0.25) is 27.7 Å². The minimum atomic E-state index is -3.61. The number of pyridine rings is 2. The Labute approximate surface area is 339 Å². The first-order valence-corrected chi connectivity index (χ1v) is 21.0. The van der Waals surface area contributed by atoms with Crippen molar-refractivity contribution in [3.05, 3.63) is 81.4 Å². The van der Waals surface area contributed by atoms with Crippen LogP contribution in [0.3, 0.4) is 0 Å². The first kappa shape index (κ1) is 39.0. The van der Waals surface area contributed by atoms with Crippen LogP contribution in [0.5, 0.6) is 5.88 Å². The van der Waals surface area contributed by atoms with Gasteiger partial charge in [-0.2, -0.15) is 5.26 Å². The number of carbonyl (C=O) groups is 1. The van der Waals surface area contributed by atoms with Crippen LogP contribution in [0.4, 0.5) is 0 Å². The average molecular weight is 832 g/mol. The molecule has 17 heteroatoms. The Hall–Kier alpha value is -4.82. The summed E-state index contributed by atoms with van der Waals surface area (Å²) in [5.74, 6) is -0.307. The van der Waals surface area contributed by atoms with E-state index in [4.69, 9.17) is 42.7 Å². The van der Waals surface area contributed by atoms with Crippen LogP contribution in [0, 0.1) is 22.7 Å². The second-order valence-corrected chi connectivity index (χ2v) is 17.5. The number of oxazole rings is 1. The molecule has 3 aliphatic rings. The number of aliphatic hydroxyl groups excluding tert-OH is 1. The van der Waals surface area contributed by atoms with Crippen LogP contribution in [-0.4, -0.2) is 95.0 Å². The molecule has 1 saturated carbocycles. The number of halogens is 2. The number of hydrogen-bond acceptors (Lipinski definition) is 12. The van der Waals surface area contributed by atoms with Crippen LogP contribution < -0.4 is 14.9 Å². The molecule has 0 spiro atoms. The maximum absolute atomic E-state index is 12.7. The van der Waals surface area contributed by atoms with Crippen LogP contribution >= 0.6 is 23.2 Å². The maximum atomic E-state index is 12.7. The molecule has 3 N–H and O–H groups in total. The molecule has 296 valence electrons. The number of ether oxygens (including phenoxy) is 1. The fourth-order valence-electron chi connectivity index (χ4n) is 7.59. The van der Waals surface area contributed by atoms with E-state index in [-0.39, 0.29) is 34.1 Å². The zero-order chi connectivity index (χ0) is 40.0. The van der Waals surface area contributed by atoms with E-state index in [1.165, 1.54) is 0 Å². The van der Waals surface area contributed by atoms with Gasteiger partial charge in [-0.25, -0.2) is 18.4 Å². The number of sulfonamides is 1. The summed E-state index contributed by atoms with van der Waals surface area (Å²) in [5.41, 5.74) is 4.50. The molecule has 5 heterocycles. The molecule has 2 aromatic carbocycles. The van der Waals surface area contributed by atoms with Crippen molar-refractivity contribution in [2.45, 2.75) is 50.1 Å². The zero-order valence-corrected chi connectivity index (χ0v) is 33.4. The quantitative estimate of drug-likeness (QED) is 0.150. The molecule has 2 saturated heterocycles. The van der Waals surface area contributed by atoms with Crippen molar-refractivity contribution in [2.75, 3.05) is 39.8 Å². The molecule has 1 aliphatic carbocycles. The van der Waals surface area contributed by atoms with Gasteiger partial charge in [0.05, 0.1) is 45.7 Å². The van der Waals surface area contributed by atoms with E-state index in [0.29, 0.717) is 102 Å². The first-order valence-electron chi connectivity index (χ1n) is 18.7. The molecular weight excluding hydrogens is 791 g/mol. The van der Waals surface area contributed by atoms with Crippen LogP contribution in [0.15, 0.2) is 59.1 Å². The highest BCUT2D eigenvalue weighted by molar-refractivity contribution is 7.90. The summed E-state index contributed by atoms with van der Waals surface area (Å²) in [4.78, 5) is 26.3. The Morgan fingerprint density at radius 1 is 0.982 bits per heavy atom. The van der Waals surface area contributed by atoms with Gasteiger partial charge in [-0.1, -0.05) is 59.6 Å². The number of rotatable bonds is 12. The molecule has 8 rings (SSSR count). The van der Waals surface area contributed by atoms with Gasteiger partial charge < -0.3 is 23.7 Å². The van der Waals surface area contributed by atoms with Gasteiger partial charge in [0.15, 0.2) is 16.6 Å². The minimum absolute atomic E-state index is 0.0398. The normalized spacial score (nSPS) is 18.9. The Morgan fingerprint density at radius 3 is 2.37 bits per heavy atom. The molecule has 3 aromatic heterocycles. The number of amides is 1. The number of aromatic nitrogens is 3. The Balaban J connectivity index is 1.03. The molecule has 1 amide bonds. The van der Waals surface area contributed by atoms with Gasteiger partial charge in [0.25, 0.3) is 0 Å². The summed E-state index contributed by atoms with van der Waals surface area (Å²) >= 11 is 14.2. The number of likely N-dealkylation sites (tertiary alicyclic amines) is 2. The first-order chi connectivity index (χ1) is 27.4. The van der Waals surface area contributed by atoms with Crippen molar-refractivity contribution < 1.29 is 27.5 Å². The Bertz CT molecular complexity index is 2600. The Kier molecular flexibility index (Phi) is 10.8. The number of β-amino-alcohol motifs (C(OH)–C–C–N with tert-alkyl or cyclic N) is 1. The lowest BCUT2D eigenvalue weighted by Crippen LogP contribution is -2.39. The van der Waals surface area contributed by atoms with Crippen LogP contribution in [0.25, 0.3) is 44.9 Å². The highest BCUT2D eigenvalue weighted by atomic mass is 35.5. The zero-order valence-electron chi connectivity index (χ0n) is 31.0. The minimum Gasteiger partial charge on any atom is -0.481 e. The molecular formula is C40H40Cl2N8O6S. The van der Waals surface area contributed by atoms with Crippen molar-refractivity contribution in [2.24, 2.45) is 5.92 Å². The fraction of sp³-hybridized carbons (Fsp3) is 0.375. The van der Waals surface area contributed by atoms with Crippen LogP contribution in [-0.2, 0) is 27.9 Å². The lowest BCUT2D eigenvalue weighted by atomic mass is 9.99. The average Bonchev–Trinajstić information content (AvgIpc) is 3.59. The molecule has 5 aromatic rings. The predicted molar refractivity (Wildman–Crippen MR) is 214 cm³/mol. The largest absolute Gasteiger partial charge is 0.481 e. The highest BCUT2D eigenvalue weighted by Gasteiger charge is 2.39. The second-order valence-electron chi connectivity index (χ2n) is 14.8. The summed E-state index contributed by atoms with van der Waals surface area (Å²) in [7, 11) is -2.03. The van der Waals surface area contributed by atoms with Gasteiger partial charge in [-0.05, 0) is 44.4 Å². The van der Waals surface area contributed by atoms with Crippen molar-refractivity contribution in [3.63, 3.8) is 0 Å². The molecule has 14 nitrogen and oxygen atoms in total. The molecule has 0 radical (unpaired) electrons. The lowest BCUT2D eigenvalue weighted by molar-refractivity contribution is -0.122. The number of methoxy groups -OCH3 is 1. The Morgan fingerprint density at radius 2 is 1.68 bits per heavy atom. The predicted octanol–water partition coefficient (Wildman–Crippen LogP) is 5.19. The molecule has 57 heavy (non-hydrogen) atoms. The van der Waals surface area contributed by atoms with Crippen molar-refractivity contribution in [1.29, 1.82) is 10.7 Å². The maximum Gasteiger partial charge on any atom is 0.237 e.